The molecule has 1 heterocycles. The summed E-state index contributed by atoms with van der Waals surface area (Å²) in [5, 5.41) is 0. The minimum atomic E-state index is -0.171. The summed E-state index contributed by atoms with van der Waals surface area (Å²) in [7, 11) is 0.0950. The Balaban J connectivity index is 2.34. The van der Waals surface area contributed by atoms with Crippen LogP contribution in [0.1, 0.15) is 12.8 Å². The highest BCUT2D eigenvalue weighted by molar-refractivity contribution is 7.24. The third kappa shape index (κ3) is 1.75. The summed E-state index contributed by atoms with van der Waals surface area (Å²) in [5.41, 5.74) is 0.0442. The highest BCUT2D eigenvalue weighted by Gasteiger charge is 2.19. The molecule has 0 amide bonds. The first-order valence-corrected chi connectivity index (χ1v) is 3.69. The van der Waals surface area contributed by atoms with Crippen molar-refractivity contribution >= 4 is 14.4 Å². The molecule has 1 atom stereocenters. The van der Waals surface area contributed by atoms with Gasteiger partial charge in [0.2, 0.25) is 0 Å². The number of carbonyl (C=O) groups is 1. The van der Waals surface area contributed by atoms with Crippen LogP contribution in [-0.4, -0.2) is 18.2 Å². The fraction of sp³-hybridized carbons (Fsp3) is 0.800. The molecule has 0 bridgehead atoms. The van der Waals surface area contributed by atoms with Crippen LogP contribution < -0.4 is 0 Å². The van der Waals surface area contributed by atoms with Crippen LogP contribution in [0.5, 0.6) is 0 Å². The van der Waals surface area contributed by atoms with E-state index in [-0.39, 0.29) is 20.1 Å². The summed E-state index contributed by atoms with van der Waals surface area (Å²) in [6.07, 6.45) is 1.11. The lowest BCUT2D eigenvalue weighted by Crippen LogP contribution is -2.21. The van der Waals surface area contributed by atoms with E-state index in [1.807, 2.05) is 0 Å². The average Bonchev–Trinajstić information content (AvgIpc) is 1.90. The molecule has 50 valence electrons. The second kappa shape index (κ2) is 2.92. The second-order valence-electron chi connectivity index (χ2n) is 1.98. The number of esters is 1. The lowest BCUT2D eigenvalue weighted by Gasteiger charge is -2.14. The Morgan fingerprint density at radius 3 is 2.89 bits per heavy atom. The number of hydrogen-bond acceptors (Lipinski definition) is 3. The van der Waals surface area contributed by atoms with Gasteiger partial charge in [0.05, 0.1) is 5.66 Å². The van der Waals surface area contributed by atoms with Gasteiger partial charge in [-0.1, -0.05) is 0 Å². The standard InChI is InChI=1S/C5H7O3P/c6-5-2-1-4(9-7)3-8-5/h4H,1-3H2. The van der Waals surface area contributed by atoms with E-state index in [9.17, 15) is 9.36 Å². The lowest BCUT2D eigenvalue weighted by molar-refractivity contribution is -0.146. The van der Waals surface area contributed by atoms with E-state index < -0.39 is 0 Å². The fourth-order valence-electron chi connectivity index (χ4n) is 0.712. The van der Waals surface area contributed by atoms with Crippen molar-refractivity contribution in [3.05, 3.63) is 0 Å². The van der Waals surface area contributed by atoms with E-state index in [2.05, 4.69) is 4.74 Å². The first-order valence-electron chi connectivity index (χ1n) is 2.81. The van der Waals surface area contributed by atoms with Crippen LogP contribution in [0.15, 0.2) is 0 Å². The van der Waals surface area contributed by atoms with Crippen LogP contribution in [0.3, 0.4) is 0 Å². The Bertz CT molecular complexity index is 124. The number of rotatable bonds is 1. The maximum Gasteiger partial charge on any atom is 0.305 e. The third-order valence-electron chi connectivity index (χ3n) is 1.27. The molecule has 0 N–H and O–H groups in total. The molecule has 1 unspecified atom stereocenters. The predicted molar refractivity (Wildman–Crippen MR) is 31.6 cm³/mol. The van der Waals surface area contributed by atoms with Crippen molar-refractivity contribution in [2.75, 3.05) is 6.61 Å². The second-order valence-corrected chi connectivity index (χ2v) is 2.92. The molecule has 1 fully saturated rings. The summed E-state index contributed by atoms with van der Waals surface area (Å²) >= 11 is 0. The van der Waals surface area contributed by atoms with E-state index in [0.717, 1.165) is 0 Å². The topological polar surface area (TPSA) is 43.4 Å². The molecule has 0 aliphatic carbocycles. The molecule has 0 aromatic rings. The van der Waals surface area contributed by atoms with Gasteiger partial charge in [0.25, 0.3) is 0 Å². The van der Waals surface area contributed by atoms with Gasteiger partial charge < -0.3 is 4.74 Å². The minimum absolute atomic E-state index is 0.0442. The van der Waals surface area contributed by atoms with Gasteiger partial charge in [-0.05, 0) is 6.42 Å². The van der Waals surface area contributed by atoms with Gasteiger partial charge in [-0.25, -0.2) is 0 Å². The van der Waals surface area contributed by atoms with Crippen molar-refractivity contribution in [3.63, 3.8) is 0 Å². The zero-order valence-corrected chi connectivity index (χ0v) is 5.77. The molecular weight excluding hydrogens is 139 g/mol. The van der Waals surface area contributed by atoms with Gasteiger partial charge in [0.15, 0.2) is 8.46 Å². The normalized spacial score (nSPS) is 28.0. The number of hydrogen-bond donors (Lipinski definition) is 0. The van der Waals surface area contributed by atoms with E-state index >= 15 is 0 Å². The van der Waals surface area contributed by atoms with Crippen LogP contribution in [0, 0.1) is 0 Å². The average molecular weight is 146 g/mol. The third-order valence-corrected chi connectivity index (χ3v) is 1.97. The summed E-state index contributed by atoms with van der Waals surface area (Å²) in [6.45, 7) is 0.323. The van der Waals surface area contributed by atoms with Gasteiger partial charge in [-0.15, -0.1) is 0 Å². The molecule has 4 heteroatoms. The maximum absolute atomic E-state index is 10.4. The van der Waals surface area contributed by atoms with Gasteiger partial charge >= 0.3 is 5.97 Å². The molecule has 0 spiro atoms. The van der Waals surface area contributed by atoms with Crippen LogP contribution in [-0.2, 0) is 14.1 Å². The molecule has 3 nitrogen and oxygen atoms in total. The zero-order valence-electron chi connectivity index (χ0n) is 4.87. The summed E-state index contributed by atoms with van der Waals surface area (Å²) in [5.74, 6) is -0.171. The molecule has 1 rings (SSSR count). The first kappa shape index (κ1) is 6.69. The smallest absolute Gasteiger partial charge is 0.305 e. The number of ether oxygens (including phenoxy) is 1. The molecule has 0 aromatic carbocycles. The van der Waals surface area contributed by atoms with Gasteiger partial charge in [-0.2, -0.15) is 0 Å². The molecule has 1 saturated heterocycles. The Labute approximate surface area is 54.6 Å². The highest BCUT2D eigenvalue weighted by atomic mass is 31.1. The quantitative estimate of drug-likeness (QED) is 0.409. The van der Waals surface area contributed by atoms with Crippen molar-refractivity contribution in [1.29, 1.82) is 0 Å². The molecule has 1 aliphatic rings. The van der Waals surface area contributed by atoms with Crippen LogP contribution in [0.25, 0.3) is 0 Å². The monoisotopic (exact) mass is 146 g/mol. The van der Waals surface area contributed by atoms with Crippen LogP contribution >= 0.6 is 8.46 Å². The van der Waals surface area contributed by atoms with E-state index in [4.69, 9.17) is 0 Å². The number of cyclic esters (lactones) is 1. The molecule has 9 heavy (non-hydrogen) atoms. The molecule has 0 aromatic heterocycles. The van der Waals surface area contributed by atoms with Gasteiger partial charge in [-0.3, -0.25) is 9.36 Å². The largest absolute Gasteiger partial charge is 0.465 e. The van der Waals surface area contributed by atoms with Crippen LogP contribution in [0.4, 0.5) is 0 Å². The van der Waals surface area contributed by atoms with E-state index in [1.54, 1.807) is 0 Å². The maximum atomic E-state index is 10.4. The summed E-state index contributed by atoms with van der Waals surface area (Å²) in [6, 6.07) is 0. The minimum Gasteiger partial charge on any atom is -0.465 e. The Morgan fingerprint density at radius 1 is 1.67 bits per heavy atom. The molecule has 0 saturated carbocycles. The summed E-state index contributed by atoms with van der Waals surface area (Å²) < 4.78 is 14.8. The first-order chi connectivity index (χ1) is 4.33. The lowest BCUT2D eigenvalue weighted by atomic mass is 10.2. The molecule has 1 aliphatic heterocycles. The van der Waals surface area contributed by atoms with Crippen molar-refractivity contribution in [3.8, 4) is 0 Å². The van der Waals surface area contributed by atoms with Crippen molar-refractivity contribution < 1.29 is 14.1 Å². The number of carbonyl (C=O) groups excluding carboxylic acids is 1. The molecule has 0 radical (unpaired) electrons. The van der Waals surface area contributed by atoms with Crippen molar-refractivity contribution in [1.82, 2.24) is 0 Å². The predicted octanol–water partition coefficient (Wildman–Crippen LogP) is 0.984. The van der Waals surface area contributed by atoms with E-state index in [1.165, 1.54) is 0 Å². The Kier molecular flexibility index (Phi) is 2.17. The SMILES string of the molecule is O=PC1CCC(=O)OC1. The Morgan fingerprint density at radius 2 is 2.44 bits per heavy atom. The summed E-state index contributed by atoms with van der Waals surface area (Å²) in [4.78, 5) is 10.4. The molecular formula is C5H7O3P. The van der Waals surface area contributed by atoms with Crippen molar-refractivity contribution in [2.45, 2.75) is 18.5 Å². The van der Waals surface area contributed by atoms with Crippen LogP contribution in [0.2, 0.25) is 0 Å². The highest BCUT2D eigenvalue weighted by Crippen LogP contribution is 2.18. The van der Waals surface area contributed by atoms with Gasteiger partial charge in [0.1, 0.15) is 6.61 Å². The van der Waals surface area contributed by atoms with Crippen molar-refractivity contribution in [2.24, 2.45) is 0 Å². The zero-order chi connectivity index (χ0) is 6.69. The van der Waals surface area contributed by atoms with E-state index in [0.29, 0.717) is 19.4 Å². The Hall–Kier alpha value is -0.430. The fourth-order valence-corrected chi connectivity index (χ4v) is 1.08. The van der Waals surface area contributed by atoms with Gasteiger partial charge in [0, 0.05) is 6.42 Å².